The van der Waals surface area contributed by atoms with Gasteiger partial charge in [-0.3, -0.25) is 4.79 Å². The molecule has 1 aliphatic heterocycles. The molecule has 1 unspecified atom stereocenters. The zero-order valence-corrected chi connectivity index (χ0v) is 18.4. The van der Waals surface area contributed by atoms with Crippen LogP contribution in [-0.2, 0) is 16.0 Å². The quantitative estimate of drug-likeness (QED) is 0.530. The molecule has 1 amide bonds. The third-order valence-electron chi connectivity index (χ3n) is 5.64. The lowest BCUT2D eigenvalue weighted by Crippen LogP contribution is -2.37. The van der Waals surface area contributed by atoms with Crippen LogP contribution < -0.4 is 0 Å². The topological polar surface area (TPSA) is 62.4 Å². The van der Waals surface area contributed by atoms with Gasteiger partial charge in [0.15, 0.2) is 0 Å². The summed E-state index contributed by atoms with van der Waals surface area (Å²) in [6.07, 6.45) is 3.76. The van der Waals surface area contributed by atoms with Gasteiger partial charge in [0, 0.05) is 33.7 Å². The molecule has 0 aliphatic carbocycles. The average Bonchev–Trinajstić information content (AvgIpc) is 3.06. The van der Waals surface area contributed by atoms with Gasteiger partial charge in [0.2, 0.25) is 0 Å². The Kier molecular flexibility index (Phi) is 6.14. The van der Waals surface area contributed by atoms with Gasteiger partial charge in [-0.05, 0) is 55.2 Å². The second-order valence-corrected chi connectivity index (χ2v) is 8.12. The number of hydrogen-bond acceptors (Lipinski definition) is 3. The first-order valence-electron chi connectivity index (χ1n) is 10.6. The van der Waals surface area contributed by atoms with Crippen LogP contribution in [-0.4, -0.2) is 34.4 Å². The average molecular weight is 437 g/mol. The SMILES string of the molecule is CCCOC(=O)C1=CN(C(=O)c2ccc(Cl)cc2)C(CC)Cc2c1[nH]c1ccccc21. The first-order chi connectivity index (χ1) is 15.0. The van der Waals surface area contributed by atoms with E-state index in [9.17, 15) is 9.59 Å². The number of hydrogen-bond donors (Lipinski definition) is 1. The van der Waals surface area contributed by atoms with E-state index in [1.54, 1.807) is 35.4 Å². The number of esters is 1. The number of halogens is 1. The van der Waals surface area contributed by atoms with Crippen molar-refractivity contribution in [2.75, 3.05) is 6.61 Å². The van der Waals surface area contributed by atoms with Crippen molar-refractivity contribution in [3.05, 3.63) is 76.6 Å². The molecule has 0 saturated carbocycles. The van der Waals surface area contributed by atoms with E-state index in [0.717, 1.165) is 35.0 Å². The molecule has 3 aromatic rings. The molecule has 0 bridgehead atoms. The maximum atomic E-state index is 13.4. The van der Waals surface area contributed by atoms with Crippen LogP contribution in [0.15, 0.2) is 54.7 Å². The molecule has 2 aromatic carbocycles. The van der Waals surface area contributed by atoms with Crippen molar-refractivity contribution >= 4 is 40.0 Å². The number of amides is 1. The number of aromatic amines is 1. The summed E-state index contributed by atoms with van der Waals surface area (Å²) in [6.45, 7) is 4.33. The van der Waals surface area contributed by atoms with Crippen LogP contribution in [0.5, 0.6) is 0 Å². The van der Waals surface area contributed by atoms with Gasteiger partial charge in [0.1, 0.15) is 0 Å². The molecule has 0 spiro atoms. The Balaban J connectivity index is 1.84. The van der Waals surface area contributed by atoms with Crippen LogP contribution in [0.3, 0.4) is 0 Å². The first-order valence-corrected chi connectivity index (χ1v) is 11.0. The Morgan fingerprint density at radius 3 is 2.58 bits per heavy atom. The van der Waals surface area contributed by atoms with E-state index < -0.39 is 5.97 Å². The minimum atomic E-state index is -0.430. The second kappa shape index (κ2) is 8.98. The molecule has 1 N–H and O–H groups in total. The van der Waals surface area contributed by atoms with Gasteiger partial charge in [-0.25, -0.2) is 4.79 Å². The number of aromatic nitrogens is 1. The van der Waals surface area contributed by atoms with Gasteiger partial charge < -0.3 is 14.6 Å². The number of carbonyl (C=O) groups is 2. The van der Waals surface area contributed by atoms with Gasteiger partial charge in [-0.1, -0.05) is 43.6 Å². The zero-order chi connectivity index (χ0) is 22.0. The van der Waals surface area contributed by atoms with Crippen molar-refractivity contribution in [1.82, 2.24) is 9.88 Å². The molecule has 5 nitrogen and oxygen atoms in total. The molecule has 1 atom stereocenters. The van der Waals surface area contributed by atoms with E-state index in [1.165, 1.54) is 0 Å². The number of ether oxygens (including phenoxy) is 1. The zero-order valence-electron chi connectivity index (χ0n) is 17.7. The molecule has 4 rings (SSSR count). The molecular formula is C25H25ClN2O3. The number of nitrogens with zero attached hydrogens (tertiary/aromatic N) is 1. The Morgan fingerprint density at radius 2 is 1.87 bits per heavy atom. The van der Waals surface area contributed by atoms with Crippen LogP contribution in [0.1, 0.15) is 48.3 Å². The Bertz CT molecular complexity index is 1150. The van der Waals surface area contributed by atoms with Crippen LogP contribution in [0, 0.1) is 0 Å². The number of para-hydroxylation sites is 1. The molecule has 0 radical (unpaired) electrons. The summed E-state index contributed by atoms with van der Waals surface area (Å²) in [7, 11) is 0. The number of H-pyrrole nitrogens is 1. The fourth-order valence-electron chi connectivity index (χ4n) is 4.02. The van der Waals surface area contributed by atoms with Crippen LogP contribution in [0.25, 0.3) is 16.5 Å². The number of rotatable bonds is 5. The van der Waals surface area contributed by atoms with Crippen molar-refractivity contribution in [3.8, 4) is 0 Å². The highest BCUT2D eigenvalue weighted by Gasteiger charge is 2.32. The number of fused-ring (bicyclic) bond motifs is 3. The monoisotopic (exact) mass is 436 g/mol. The number of benzene rings is 2. The molecule has 1 aromatic heterocycles. The summed E-state index contributed by atoms with van der Waals surface area (Å²) in [5.41, 5.74) is 3.63. The lowest BCUT2D eigenvalue weighted by atomic mass is 9.99. The molecule has 0 saturated heterocycles. The van der Waals surface area contributed by atoms with E-state index in [0.29, 0.717) is 29.2 Å². The Labute approximate surface area is 186 Å². The number of carbonyl (C=O) groups excluding carboxylic acids is 2. The summed E-state index contributed by atoms with van der Waals surface area (Å²) in [4.78, 5) is 31.5. The fourth-order valence-corrected chi connectivity index (χ4v) is 4.15. The minimum absolute atomic E-state index is 0.0994. The molecule has 160 valence electrons. The summed E-state index contributed by atoms with van der Waals surface area (Å²) in [5, 5.41) is 1.63. The molecule has 1 aliphatic rings. The number of nitrogens with one attached hydrogen (secondary N) is 1. The molecule has 31 heavy (non-hydrogen) atoms. The van der Waals surface area contributed by atoms with Gasteiger partial charge in [0.05, 0.1) is 17.9 Å². The van der Waals surface area contributed by atoms with Crippen molar-refractivity contribution < 1.29 is 14.3 Å². The summed E-state index contributed by atoms with van der Waals surface area (Å²) >= 11 is 6.00. The lowest BCUT2D eigenvalue weighted by molar-refractivity contribution is -0.136. The third-order valence-corrected chi connectivity index (χ3v) is 5.89. The van der Waals surface area contributed by atoms with Crippen molar-refractivity contribution in [1.29, 1.82) is 0 Å². The van der Waals surface area contributed by atoms with Crippen LogP contribution in [0.2, 0.25) is 5.02 Å². The van der Waals surface area contributed by atoms with Gasteiger partial charge in [-0.2, -0.15) is 0 Å². The maximum absolute atomic E-state index is 13.4. The normalized spacial score (nSPS) is 15.9. The molecule has 6 heteroatoms. The predicted octanol–water partition coefficient (Wildman–Crippen LogP) is 5.59. The highest BCUT2D eigenvalue weighted by atomic mass is 35.5. The van der Waals surface area contributed by atoms with E-state index in [-0.39, 0.29) is 11.9 Å². The van der Waals surface area contributed by atoms with Crippen LogP contribution >= 0.6 is 11.6 Å². The highest BCUT2D eigenvalue weighted by molar-refractivity contribution is 6.30. The van der Waals surface area contributed by atoms with Crippen molar-refractivity contribution in [2.45, 2.75) is 39.2 Å². The highest BCUT2D eigenvalue weighted by Crippen LogP contribution is 2.34. The van der Waals surface area contributed by atoms with Crippen LogP contribution in [0.4, 0.5) is 0 Å². The maximum Gasteiger partial charge on any atom is 0.341 e. The van der Waals surface area contributed by atoms with Crippen molar-refractivity contribution in [3.63, 3.8) is 0 Å². The van der Waals surface area contributed by atoms with Gasteiger partial charge >= 0.3 is 5.97 Å². The first kappa shape index (κ1) is 21.2. The minimum Gasteiger partial charge on any atom is -0.462 e. The van der Waals surface area contributed by atoms with Gasteiger partial charge in [0.25, 0.3) is 5.91 Å². The van der Waals surface area contributed by atoms with E-state index in [2.05, 4.69) is 11.9 Å². The van der Waals surface area contributed by atoms with E-state index >= 15 is 0 Å². The molecule has 0 fully saturated rings. The second-order valence-electron chi connectivity index (χ2n) is 7.69. The lowest BCUT2D eigenvalue weighted by Gasteiger charge is -2.27. The predicted molar refractivity (Wildman–Crippen MR) is 123 cm³/mol. The largest absolute Gasteiger partial charge is 0.462 e. The van der Waals surface area contributed by atoms with Crippen molar-refractivity contribution in [2.24, 2.45) is 0 Å². The summed E-state index contributed by atoms with van der Waals surface area (Å²) < 4.78 is 5.47. The Hall–Kier alpha value is -3.05. The standard InChI is InChI=1S/C25H25ClN2O3/c1-3-13-31-25(30)21-15-28(24(29)16-9-11-17(26)12-10-16)18(4-2)14-20-19-7-5-6-8-22(19)27-23(20)21/h5-12,15,18,27H,3-4,13-14H2,1-2H3. The molecule has 2 heterocycles. The molecular weight excluding hydrogens is 412 g/mol. The summed E-state index contributed by atoms with van der Waals surface area (Å²) in [6, 6.07) is 14.7. The fraction of sp³-hybridized carbons (Fsp3) is 0.280. The smallest absolute Gasteiger partial charge is 0.341 e. The summed E-state index contributed by atoms with van der Waals surface area (Å²) in [5.74, 6) is -0.598. The Morgan fingerprint density at radius 1 is 1.13 bits per heavy atom. The van der Waals surface area contributed by atoms with E-state index in [4.69, 9.17) is 16.3 Å². The van der Waals surface area contributed by atoms with Gasteiger partial charge in [-0.15, -0.1) is 0 Å². The third kappa shape index (κ3) is 4.10. The van der Waals surface area contributed by atoms with E-state index in [1.807, 2.05) is 31.2 Å².